The topological polar surface area (TPSA) is 114 Å². The number of rotatable bonds is 9. The molecule has 0 saturated carbocycles. The molecule has 0 fully saturated rings. The van der Waals surface area contributed by atoms with Crippen molar-refractivity contribution in [3.63, 3.8) is 0 Å². The molecule has 49 heavy (non-hydrogen) atoms. The minimum absolute atomic E-state index is 0. The minimum atomic E-state index is 0. The third kappa shape index (κ3) is 11.7. The number of nitrogens with one attached hydrogen (secondary N) is 3. The zero-order chi connectivity index (χ0) is 34.8. The van der Waals surface area contributed by atoms with Crippen LogP contribution in [0.1, 0.15) is 80.0 Å². The molecule has 2 aromatic carbocycles. The van der Waals surface area contributed by atoms with E-state index >= 15 is 0 Å². The van der Waals surface area contributed by atoms with Gasteiger partial charge in [-0.1, -0.05) is 53.5 Å². The van der Waals surface area contributed by atoms with Crippen molar-refractivity contribution < 1.29 is 8.83 Å². The molecule has 6 aromatic rings. The predicted octanol–water partition coefficient (Wildman–Crippen LogP) is 10.5. The van der Waals surface area contributed by atoms with Crippen molar-refractivity contribution in [2.75, 3.05) is 24.2 Å². The third-order valence-electron chi connectivity index (χ3n) is 7.44. The van der Waals surface area contributed by atoms with Gasteiger partial charge in [0, 0.05) is 8.04 Å². The second kappa shape index (κ2) is 19.3. The molecule has 0 aliphatic heterocycles. The van der Waals surface area contributed by atoms with E-state index in [-0.39, 0.29) is 25.6 Å². The van der Waals surface area contributed by atoms with Crippen LogP contribution in [0.25, 0.3) is 22.2 Å². The number of benzene rings is 2. The lowest BCUT2D eigenvalue weighted by Gasteiger charge is -2.16. The molecule has 0 saturated heterocycles. The smallest absolute Gasteiger partial charge is 0.231 e. The summed E-state index contributed by atoms with van der Waals surface area (Å²) in [5.74, 6) is 4.70. The number of fused-ring (bicyclic) bond motifs is 2. The SMILES string of the molecule is CCCCNC.Cc1nc(N[C@@H](C)c2cccc(Br)c2)c2cc(C)oc2n1.Cc1nc(N[C@@H](C)c2cccc(I)c2)c2cc(C)oc2n1.S. The highest BCUT2D eigenvalue weighted by molar-refractivity contribution is 14.1. The molecule has 0 aliphatic carbocycles. The molecular weight excluding hydrogens is 813 g/mol. The Morgan fingerprint density at radius 3 is 1.65 bits per heavy atom. The summed E-state index contributed by atoms with van der Waals surface area (Å²) in [7, 11) is 1.98. The number of anilines is 2. The van der Waals surface area contributed by atoms with Gasteiger partial charge in [0.05, 0.1) is 22.9 Å². The van der Waals surface area contributed by atoms with Gasteiger partial charge in [-0.3, -0.25) is 0 Å². The first-order valence-electron chi connectivity index (χ1n) is 16.2. The summed E-state index contributed by atoms with van der Waals surface area (Å²) < 4.78 is 13.5. The van der Waals surface area contributed by atoms with Gasteiger partial charge in [-0.15, -0.1) is 0 Å². The lowest BCUT2D eigenvalue weighted by atomic mass is 10.1. The fraction of sp³-hybridized carbons (Fsp3) is 0.351. The molecule has 0 spiro atoms. The molecule has 0 bridgehead atoms. The van der Waals surface area contributed by atoms with Gasteiger partial charge in [-0.2, -0.15) is 23.5 Å². The van der Waals surface area contributed by atoms with Gasteiger partial charge in [0.25, 0.3) is 0 Å². The summed E-state index contributed by atoms with van der Waals surface area (Å²) in [6, 6.07) is 20.9. The number of unbranched alkanes of at least 4 members (excludes halogenated alkanes) is 1. The number of hydrogen-bond acceptors (Lipinski definition) is 9. The Morgan fingerprint density at radius 1 is 0.735 bits per heavy atom. The normalized spacial score (nSPS) is 11.9. The van der Waals surface area contributed by atoms with Crippen LogP contribution in [-0.2, 0) is 0 Å². The molecule has 4 heterocycles. The lowest BCUT2D eigenvalue weighted by Crippen LogP contribution is -2.09. The summed E-state index contributed by atoms with van der Waals surface area (Å²) in [4.78, 5) is 17.7. The zero-order valence-electron chi connectivity index (χ0n) is 29.4. The van der Waals surface area contributed by atoms with Gasteiger partial charge >= 0.3 is 0 Å². The van der Waals surface area contributed by atoms with E-state index in [4.69, 9.17) is 8.83 Å². The zero-order valence-corrected chi connectivity index (χ0v) is 34.2. The quantitative estimate of drug-likeness (QED) is 0.0966. The van der Waals surface area contributed by atoms with E-state index in [1.165, 1.54) is 27.5 Å². The third-order valence-corrected chi connectivity index (χ3v) is 8.60. The molecule has 0 radical (unpaired) electrons. The van der Waals surface area contributed by atoms with E-state index in [1.54, 1.807) is 0 Å². The molecule has 0 unspecified atom stereocenters. The van der Waals surface area contributed by atoms with E-state index < -0.39 is 0 Å². The highest BCUT2D eigenvalue weighted by atomic mass is 127. The summed E-state index contributed by atoms with van der Waals surface area (Å²) in [5, 5.41) is 11.8. The lowest BCUT2D eigenvalue weighted by molar-refractivity contribution is 0.565. The van der Waals surface area contributed by atoms with Gasteiger partial charge < -0.3 is 24.8 Å². The second-order valence-electron chi connectivity index (χ2n) is 11.7. The molecule has 12 heteroatoms. The van der Waals surface area contributed by atoms with Crippen LogP contribution < -0.4 is 16.0 Å². The molecule has 3 N–H and O–H groups in total. The monoisotopic (exact) mass is 859 g/mol. The highest BCUT2D eigenvalue weighted by Gasteiger charge is 2.15. The van der Waals surface area contributed by atoms with E-state index in [1.807, 2.05) is 59.0 Å². The maximum Gasteiger partial charge on any atom is 0.231 e. The molecule has 0 amide bonds. The van der Waals surface area contributed by atoms with Crippen molar-refractivity contribution in [2.45, 2.75) is 73.4 Å². The summed E-state index contributed by atoms with van der Waals surface area (Å²) in [6.45, 7) is 15.2. The van der Waals surface area contributed by atoms with Crippen molar-refractivity contribution in [1.29, 1.82) is 0 Å². The first-order chi connectivity index (χ1) is 23.0. The van der Waals surface area contributed by atoms with Crippen molar-refractivity contribution in [3.05, 3.63) is 103 Å². The van der Waals surface area contributed by atoms with Crippen LogP contribution in [0.2, 0.25) is 0 Å². The molecule has 9 nitrogen and oxygen atoms in total. The van der Waals surface area contributed by atoms with Crippen molar-refractivity contribution >= 4 is 85.9 Å². The molecular formula is C37H47BrIN7O2S. The summed E-state index contributed by atoms with van der Waals surface area (Å²) in [5.41, 5.74) is 3.68. The second-order valence-corrected chi connectivity index (χ2v) is 13.9. The maximum atomic E-state index is 5.60. The Bertz CT molecular complexity index is 1810. The molecule has 0 aliphatic rings. The number of aromatic nitrogens is 4. The average molecular weight is 861 g/mol. The maximum absolute atomic E-state index is 5.60. The van der Waals surface area contributed by atoms with E-state index in [9.17, 15) is 0 Å². The fourth-order valence-corrected chi connectivity index (χ4v) is 5.98. The van der Waals surface area contributed by atoms with Crippen LogP contribution in [0.5, 0.6) is 0 Å². The van der Waals surface area contributed by atoms with Crippen molar-refractivity contribution in [1.82, 2.24) is 25.3 Å². The van der Waals surface area contributed by atoms with Gasteiger partial charge in [-0.25, -0.2) is 9.97 Å². The number of aryl methyl sites for hydroxylation is 4. The van der Waals surface area contributed by atoms with Crippen LogP contribution in [0.4, 0.5) is 11.6 Å². The van der Waals surface area contributed by atoms with Crippen LogP contribution in [-0.4, -0.2) is 33.5 Å². The fourth-order valence-electron chi connectivity index (χ4n) is 5.00. The van der Waals surface area contributed by atoms with E-state index in [0.717, 1.165) is 44.9 Å². The number of furan rings is 2. The Kier molecular flexibility index (Phi) is 15.8. The number of nitrogens with zero attached hydrogens (tertiary/aromatic N) is 4. The molecule has 4 aromatic heterocycles. The highest BCUT2D eigenvalue weighted by Crippen LogP contribution is 2.29. The Morgan fingerprint density at radius 2 is 1.22 bits per heavy atom. The van der Waals surface area contributed by atoms with Crippen molar-refractivity contribution in [2.24, 2.45) is 0 Å². The molecule has 262 valence electrons. The minimum Gasteiger partial charge on any atom is -0.443 e. The predicted molar refractivity (Wildman–Crippen MR) is 219 cm³/mol. The van der Waals surface area contributed by atoms with Crippen LogP contribution >= 0.6 is 52.0 Å². The van der Waals surface area contributed by atoms with Crippen LogP contribution in [0.15, 0.2) is 74.0 Å². The van der Waals surface area contributed by atoms with Gasteiger partial charge in [0.15, 0.2) is 0 Å². The number of halogens is 2. The number of hydrogen-bond donors (Lipinski definition) is 3. The first-order valence-corrected chi connectivity index (χ1v) is 18.0. The standard InChI is InChI=1S/C16H16BrN3O.C16H16IN3O.C5H13N.H2S/c2*1-9-7-14-15(19-11(3)20-16(14)21-9)18-10(2)12-5-4-6-13(17)8-12;1-3-4-5-6-2;/h2*4-8,10H,1-3H3,(H,18,19,20);6H,3-5H2,1-2H3;1H2/t2*10-;;/m00../s1. The molecule has 6 rings (SSSR count). The first kappa shape index (κ1) is 40.2. The van der Waals surface area contributed by atoms with E-state index in [2.05, 4.69) is 132 Å². The average Bonchev–Trinajstić information content (AvgIpc) is 3.61. The summed E-state index contributed by atoms with van der Waals surface area (Å²) in [6.07, 6.45) is 2.59. The van der Waals surface area contributed by atoms with Crippen molar-refractivity contribution in [3.8, 4) is 0 Å². The summed E-state index contributed by atoms with van der Waals surface area (Å²) >= 11 is 5.83. The van der Waals surface area contributed by atoms with Gasteiger partial charge in [-0.05, 0) is 132 Å². The van der Waals surface area contributed by atoms with Gasteiger partial charge in [0.1, 0.15) is 34.8 Å². The van der Waals surface area contributed by atoms with Gasteiger partial charge in [0.2, 0.25) is 11.4 Å². The van der Waals surface area contributed by atoms with Crippen LogP contribution in [0, 0.1) is 31.3 Å². The molecule has 2 atom stereocenters. The Hall–Kier alpha value is -3.20. The Balaban J connectivity index is 0.000000224. The largest absolute Gasteiger partial charge is 0.443 e. The van der Waals surface area contributed by atoms with E-state index in [0.29, 0.717) is 23.1 Å². The Labute approximate surface area is 318 Å². The van der Waals surface area contributed by atoms with Crippen LogP contribution in [0.3, 0.4) is 0 Å².